The maximum Gasteiger partial charge on any atom is -0.00880 e. The molecule has 0 unspecified atom stereocenters. The summed E-state index contributed by atoms with van der Waals surface area (Å²) in [4.78, 5) is 0. The fourth-order valence-electron chi connectivity index (χ4n) is 2.20. The Hall–Kier alpha value is -2.34. The van der Waals surface area contributed by atoms with Crippen molar-refractivity contribution in [2.45, 2.75) is 6.42 Å². The normalized spacial score (nSPS) is 11.6. The van der Waals surface area contributed by atoms with Gasteiger partial charge in [0.05, 0.1) is 0 Å². The fraction of sp³-hybridized carbons (Fsp3) is 0.0526. The summed E-state index contributed by atoms with van der Waals surface area (Å²) in [6.07, 6.45) is 4.70. The maximum absolute atomic E-state index is 3.97. The van der Waals surface area contributed by atoms with Crippen LogP contribution in [0.15, 0.2) is 86.0 Å². The summed E-state index contributed by atoms with van der Waals surface area (Å²) in [5, 5.41) is 0. The van der Waals surface area contributed by atoms with Gasteiger partial charge in [0.25, 0.3) is 0 Å². The zero-order chi connectivity index (χ0) is 13.5. The van der Waals surface area contributed by atoms with Crippen LogP contribution in [-0.4, -0.2) is 0 Å². The molecule has 0 heteroatoms. The summed E-state index contributed by atoms with van der Waals surface area (Å²) in [6, 6.07) is 20.8. The molecular formula is C19H18. The molecule has 2 aromatic rings. The molecule has 0 radical (unpaired) electrons. The standard InChI is InChI=1S/C19H18/c1-3-11-19(17-14-9-6-10-15-17)18(4-2)16-12-7-5-8-13-16/h3-10,12-15H,1-2,11H2/b19-18+. The van der Waals surface area contributed by atoms with Crippen LogP contribution in [0.5, 0.6) is 0 Å². The van der Waals surface area contributed by atoms with Crippen molar-refractivity contribution in [3.05, 3.63) is 97.1 Å². The molecule has 0 N–H and O–H groups in total. The molecule has 0 nitrogen and oxygen atoms in total. The van der Waals surface area contributed by atoms with Crippen molar-refractivity contribution in [3.63, 3.8) is 0 Å². The Labute approximate surface area is 115 Å². The first-order valence-electron chi connectivity index (χ1n) is 6.44. The van der Waals surface area contributed by atoms with Crippen LogP contribution in [0.25, 0.3) is 11.1 Å². The van der Waals surface area contributed by atoms with E-state index < -0.39 is 0 Å². The second kappa shape index (κ2) is 6.55. The van der Waals surface area contributed by atoms with Gasteiger partial charge in [-0.3, -0.25) is 0 Å². The molecule has 2 rings (SSSR count). The Balaban J connectivity index is 2.59. The van der Waals surface area contributed by atoms with Crippen LogP contribution in [0, 0.1) is 0 Å². The quantitative estimate of drug-likeness (QED) is 0.378. The molecule has 0 amide bonds. The average Bonchev–Trinajstić information content (AvgIpc) is 2.49. The monoisotopic (exact) mass is 246 g/mol. The first-order valence-corrected chi connectivity index (χ1v) is 6.44. The Bertz CT molecular complexity index is 574. The fourth-order valence-corrected chi connectivity index (χ4v) is 2.20. The largest absolute Gasteiger partial charge is 0.103 e. The summed E-state index contributed by atoms with van der Waals surface area (Å²) in [6.45, 7) is 7.84. The van der Waals surface area contributed by atoms with Gasteiger partial charge in [-0.1, -0.05) is 79.4 Å². The van der Waals surface area contributed by atoms with E-state index >= 15 is 0 Å². The number of hydrogen-bond donors (Lipinski definition) is 0. The highest BCUT2D eigenvalue weighted by molar-refractivity contribution is 5.95. The molecule has 0 aliphatic carbocycles. The molecule has 0 saturated carbocycles. The van der Waals surface area contributed by atoms with Crippen LogP contribution in [0.4, 0.5) is 0 Å². The van der Waals surface area contributed by atoms with Gasteiger partial charge in [0.2, 0.25) is 0 Å². The van der Waals surface area contributed by atoms with E-state index in [2.05, 4.69) is 61.7 Å². The summed E-state index contributed by atoms with van der Waals surface area (Å²) < 4.78 is 0. The van der Waals surface area contributed by atoms with Gasteiger partial charge in [0.1, 0.15) is 0 Å². The molecule has 94 valence electrons. The minimum atomic E-state index is 0.834. The van der Waals surface area contributed by atoms with Crippen molar-refractivity contribution in [1.82, 2.24) is 0 Å². The number of hydrogen-bond acceptors (Lipinski definition) is 0. The second-order valence-electron chi connectivity index (χ2n) is 4.32. The van der Waals surface area contributed by atoms with Crippen LogP contribution < -0.4 is 0 Å². The van der Waals surface area contributed by atoms with Gasteiger partial charge in [-0.05, 0) is 28.7 Å². The van der Waals surface area contributed by atoms with E-state index in [1.54, 1.807) is 0 Å². The SMILES string of the molecule is C=CC/C(=C(/C=C)c1ccccc1)c1ccccc1. The molecule has 0 spiro atoms. The van der Waals surface area contributed by atoms with Gasteiger partial charge in [-0.2, -0.15) is 0 Å². The first-order chi connectivity index (χ1) is 9.36. The molecule has 0 saturated heterocycles. The number of rotatable bonds is 5. The van der Waals surface area contributed by atoms with Crippen molar-refractivity contribution in [2.24, 2.45) is 0 Å². The van der Waals surface area contributed by atoms with Gasteiger partial charge >= 0.3 is 0 Å². The molecule has 0 fully saturated rings. The lowest BCUT2D eigenvalue weighted by molar-refractivity contribution is 1.40. The summed E-state index contributed by atoms with van der Waals surface area (Å²) in [7, 11) is 0. The van der Waals surface area contributed by atoms with Crippen LogP contribution in [0.1, 0.15) is 17.5 Å². The highest BCUT2D eigenvalue weighted by Crippen LogP contribution is 2.29. The second-order valence-corrected chi connectivity index (χ2v) is 4.32. The first kappa shape index (κ1) is 13.1. The third-order valence-electron chi connectivity index (χ3n) is 3.08. The summed E-state index contributed by atoms with van der Waals surface area (Å²) in [5.74, 6) is 0. The van der Waals surface area contributed by atoms with Crippen molar-refractivity contribution in [3.8, 4) is 0 Å². The van der Waals surface area contributed by atoms with E-state index in [0.717, 1.165) is 6.42 Å². The van der Waals surface area contributed by atoms with Crippen molar-refractivity contribution in [1.29, 1.82) is 0 Å². The van der Waals surface area contributed by atoms with Crippen LogP contribution in [0.3, 0.4) is 0 Å². The third-order valence-corrected chi connectivity index (χ3v) is 3.08. The zero-order valence-electron chi connectivity index (χ0n) is 11.0. The molecule has 0 heterocycles. The topological polar surface area (TPSA) is 0 Å². The number of allylic oxidation sites excluding steroid dienone is 4. The van der Waals surface area contributed by atoms with E-state index in [1.165, 1.54) is 22.3 Å². The van der Waals surface area contributed by atoms with E-state index in [1.807, 2.05) is 24.3 Å². The van der Waals surface area contributed by atoms with Gasteiger partial charge < -0.3 is 0 Å². The lowest BCUT2D eigenvalue weighted by atomic mass is 9.92. The predicted molar refractivity (Wildman–Crippen MR) is 84.7 cm³/mol. The van der Waals surface area contributed by atoms with E-state index in [0.29, 0.717) is 0 Å². The highest BCUT2D eigenvalue weighted by atomic mass is 14.1. The lowest BCUT2D eigenvalue weighted by Gasteiger charge is -2.12. The van der Waals surface area contributed by atoms with Gasteiger partial charge in [0.15, 0.2) is 0 Å². The Morgan fingerprint density at radius 3 is 1.79 bits per heavy atom. The van der Waals surface area contributed by atoms with E-state index in [4.69, 9.17) is 0 Å². The van der Waals surface area contributed by atoms with Crippen molar-refractivity contribution in [2.75, 3.05) is 0 Å². The van der Waals surface area contributed by atoms with Crippen LogP contribution in [0.2, 0.25) is 0 Å². The smallest absolute Gasteiger partial charge is 0.00880 e. The molecule has 0 aliphatic rings. The molecule has 0 aliphatic heterocycles. The molecule has 0 aromatic heterocycles. The third kappa shape index (κ3) is 3.11. The van der Waals surface area contributed by atoms with Crippen LogP contribution >= 0.6 is 0 Å². The maximum atomic E-state index is 3.97. The minimum absolute atomic E-state index is 0.834. The molecule has 0 bridgehead atoms. The van der Waals surface area contributed by atoms with Crippen molar-refractivity contribution < 1.29 is 0 Å². The molecule has 0 atom stereocenters. The van der Waals surface area contributed by atoms with Crippen LogP contribution in [-0.2, 0) is 0 Å². The highest BCUT2D eigenvalue weighted by Gasteiger charge is 2.07. The van der Waals surface area contributed by atoms with Gasteiger partial charge in [-0.15, -0.1) is 6.58 Å². The Morgan fingerprint density at radius 1 is 0.789 bits per heavy atom. The lowest BCUT2D eigenvalue weighted by Crippen LogP contribution is -1.90. The average molecular weight is 246 g/mol. The molecule has 2 aromatic carbocycles. The summed E-state index contributed by atoms with van der Waals surface area (Å²) in [5.41, 5.74) is 4.85. The Kier molecular flexibility index (Phi) is 4.52. The van der Waals surface area contributed by atoms with Gasteiger partial charge in [0, 0.05) is 0 Å². The zero-order valence-corrected chi connectivity index (χ0v) is 11.0. The van der Waals surface area contributed by atoms with E-state index in [9.17, 15) is 0 Å². The number of benzene rings is 2. The molecule has 19 heavy (non-hydrogen) atoms. The summed E-state index contributed by atoms with van der Waals surface area (Å²) >= 11 is 0. The van der Waals surface area contributed by atoms with E-state index in [-0.39, 0.29) is 0 Å². The molecular weight excluding hydrogens is 228 g/mol. The Morgan fingerprint density at radius 2 is 1.32 bits per heavy atom. The minimum Gasteiger partial charge on any atom is -0.103 e. The van der Waals surface area contributed by atoms with Crippen molar-refractivity contribution >= 4 is 11.1 Å². The van der Waals surface area contributed by atoms with Gasteiger partial charge in [-0.25, -0.2) is 0 Å². The predicted octanol–water partition coefficient (Wildman–Crippen LogP) is 5.36.